The molecule has 0 radical (unpaired) electrons. The average molecular weight is 381 g/mol. The van der Waals surface area contributed by atoms with Crippen LogP contribution in [-0.4, -0.2) is 58.3 Å². The number of carbonyl (C=O) groups excluding carboxylic acids is 1. The van der Waals surface area contributed by atoms with Crippen molar-refractivity contribution in [3.05, 3.63) is 39.9 Å². The Morgan fingerprint density at radius 1 is 1.26 bits per heavy atom. The van der Waals surface area contributed by atoms with Crippen LogP contribution in [0.15, 0.2) is 24.3 Å². The summed E-state index contributed by atoms with van der Waals surface area (Å²) in [7, 11) is 0. The van der Waals surface area contributed by atoms with Crippen molar-refractivity contribution in [2.45, 2.75) is 27.2 Å². The largest absolute Gasteiger partial charge is 0.481 e. The first-order valence-electron chi connectivity index (χ1n) is 8.68. The number of nitrogens with zero attached hydrogens (tertiary/aromatic N) is 2. The Bertz CT molecular complexity index is 660. The summed E-state index contributed by atoms with van der Waals surface area (Å²) < 4.78 is 0. The maximum absolute atomic E-state index is 12.4. The second kappa shape index (κ2) is 9.86. The molecule has 1 atom stereocenters. The number of hydrogen-bond donors (Lipinski definition) is 3. The van der Waals surface area contributed by atoms with Gasteiger partial charge in [0.1, 0.15) is 0 Å². The number of aliphatic hydroxyl groups is 1. The van der Waals surface area contributed by atoms with Gasteiger partial charge in [0.15, 0.2) is 0 Å². The van der Waals surface area contributed by atoms with Crippen molar-refractivity contribution in [1.29, 1.82) is 0 Å². The van der Waals surface area contributed by atoms with Gasteiger partial charge in [-0.2, -0.15) is 0 Å². The molecule has 0 heterocycles. The summed E-state index contributed by atoms with van der Waals surface area (Å²) in [6.07, 6.45) is 0.473. The van der Waals surface area contributed by atoms with Crippen LogP contribution in [0.1, 0.15) is 26.3 Å². The second-order valence-electron chi connectivity index (χ2n) is 7.09. The molecule has 0 spiro atoms. The minimum atomic E-state index is -0.931. The number of benzene rings is 1. The van der Waals surface area contributed by atoms with Crippen LogP contribution in [0.4, 0.5) is 10.5 Å². The summed E-state index contributed by atoms with van der Waals surface area (Å²) in [6, 6.07) is 5.68. The fraction of sp³-hybridized carbons (Fsp3) is 0.556. The number of nitro groups is 1. The van der Waals surface area contributed by atoms with Gasteiger partial charge in [0.2, 0.25) is 0 Å². The monoisotopic (exact) mass is 381 g/mol. The van der Waals surface area contributed by atoms with Gasteiger partial charge in [-0.1, -0.05) is 32.9 Å². The zero-order valence-electron chi connectivity index (χ0n) is 15.8. The molecule has 1 aromatic rings. The number of rotatable bonds is 10. The van der Waals surface area contributed by atoms with E-state index in [1.54, 1.807) is 32.9 Å². The zero-order chi connectivity index (χ0) is 20.6. The lowest BCUT2D eigenvalue weighted by atomic mass is 9.80. The van der Waals surface area contributed by atoms with Crippen molar-refractivity contribution in [3.63, 3.8) is 0 Å². The SMILES string of the molecule is C[C@H](C(=O)O)C(C)(C)CNC(=O)N(CCO)CCc1ccc([N+](=O)[O-])cc1. The molecule has 0 bridgehead atoms. The number of nitrogens with one attached hydrogen (secondary N) is 1. The van der Waals surface area contributed by atoms with E-state index in [-0.39, 0.29) is 25.4 Å². The quantitative estimate of drug-likeness (QED) is 0.419. The Balaban J connectivity index is 2.64. The first-order chi connectivity index (χ1) is 12.6. The van der Waals surface area contributed by atoms with E-state index in [1.165, 1.54) is 17.0 Å². The molecule has 9 heteroatoms. The van der Waals surface area contributed by atoms with E-state index in [4.69, 9.17) is 5.11 Å². The Labute approximate surface area is 158 Å². The van der Waals surface area contributed by atoms with Crippen LogP contribution in [0.5, 0.6) is 0 Å². The van der Waals surface area contributed by atoms with E-state index in [2.05, 4.69) is 5.32 Å². The number of aliphatic hydroxyl groups excluding tert-OH is 1. The van der Waals surface area contributed by atoms with Crippen molar-refractivity contribution in [2.24, 2.45) is 11.3 Å². The molecule has 0 aromatic heterocycles. The number of nitro benzene ring substituents is 1. The van der Waals surface area contributed by atoms with Crippen LogP contribution in [0.3, 0.4) is 0 Å². The summed E-state index contributed by atoms with van der Waals surface area (Å²) >= 11 is 0. The van der Waals surface area contributed by atoms with Crippen molar-refractivity contribution in [2.75, 3.05) is 26.2 Å². The van der Waals surface area contributed by atoms with Crippen LogP contribution < -0.4 is 5.32 Å². The van der Waals surface area contributed by atoms with Gasteiger partial charge in [0.25, 0.3) is 5.69 Å². The Kier molecular flexibility index (Phi) is 8.17. The first-order valence-corrected chi connectivity index (χ1v) is 8.68. The minimum absolute atomic E-state index is 0.00140. The van der Waals surface area contributed by atoms with E-state index in [1.807, 2.05) is 0 Å². The number of non-ortho nitro benzene ring substituents is 1. The average Bonchev–Trinajstić information content (AvgIpc) is 2.62. The first kappa shape index (κ1) is 22.4. The molecule has 9 nitrogen and oxygen atoms in total. The summed E-state index contributed by atoms with van der Waals surface area (Å²) in [5, 5.41) is 31.7. The van der Waals surface area contributed by atoms with Gasteiger partial charge in [-0.05, 0) is 17.4 Å². The summed E-state index contributed by atoms with van der Waals surface area (Å²) in [6.45, 7) is 5.54. The molecule has 0 aliphatic heterocycles. The van der Waals surface area contributed by atoms with Crippen molar-refractivity contribution in [1.82, 2.24) is 10.2 Å². The van der Waals surface area contributed by atoms with Gasteiger partial charge in [0, 0.05) is 31.8 Å². The molecule has 27 heavy (non-hydrogen) atoms. The van der Waals surface area contributed by atoms with Crippen LogP contribution in [0, 0.1) is 21.4 Å². The number of carbonyl (C=O) groups is 2. The van der Waals surface area contributed by atoms with Crippen LogP contribution in [0.2, 0.25) is 0 Å². The lowest BCUT2D eigenvalue weighted by molar-refractivity contribution is -0.384. The topological polar surface area (TPSA) is 133 Å². The van der Waals surface area contributed by atoms with Crippen LogP contribution in [-0.2, 0) is 11.2 Å². The van der Waals surface area contributed by atoms with Crippen molar-refractivity contribution >= 4 is 17.7 Å². The molecule has 0 saturated heterocycles. The third kappa shape index (κ3) is 6.86. The second-order valence-corrected chi connectivity index (χ2v) is 7.09. The highest BCUT2D eigenvalue weighted by Crippen LogP contribution is 2.25. The fourth-order valence-electron chi connectivity index (χ4n) is 2.39. The van der Waals surface area contributed by atoms with Gasteiger partial charge in [0.05, 0.1) is 17.4 Å². The lowest BCUT2D eigenvalue weighted by Crippen LogP contribution is -2.47. The maximum atomic E-state index is 12.4. The summed E-state index contributed by atoms with van der Waals surface area (Å²) in [5.74, 6) is -1.57. The molecule has 0 aliphatic carbocycles. The third-order valence-corrected chi connectivity index (χ3v) is 4.71. The minimum Gasteiger partial charge on any atom is -0.481 e. The number of carboxylic acids is 1. The molecular weight excluding hydrogens is 354 g/mol. The molecule has 0 fully saturated rings. The molecule has 1 aromatic carbocycles. The molecule has 3 N–H and O–H groups in total. The highest BCUT2D eigenvalue weighted by atomic mass is 16.6. The standard InChI is InChI=1S/C18H27N3O6/c1-13(16(23)24)18(2,3)12-19-17(25)20(10-11-22)9-8-14-4-6-15(7-5-14)21(26)27/h4-7,13,22H,8-12H2,1-3H3,(H,19,25)(H,23,24)/t13-/m1/s1. The molecule has 2 amide bonds. The highest BCUT2D eigenvalue weighted by molar-refractivity contribution is 5.74. The number of urea groups is 1. The van der Waals surface area contributed by atoms with E-state index >= 15 is 0 Å². The van der Waals surface area contributed by atoms with Gasteiger partial charge < -0.3 is 20.4 Å². The number of aliphatic carboxylic acids is 1. The number of hydrogen-bond acceptors (Lipinski definition) is 5. The fourth-order valence-corrected chi connectivity index (χ4v) is 2.39. The van der Waals surface area contributed by atoms with Crippen LogP contribution in [0.25, 0.3) is 0 Å². The molecule has 0 aliphatic rings. The van der Waals surface area contributed by atoms with Crippen LogP contribution >= 0.6 is 0 Å². The maximum Gasteiger partial charge on any atom is 0.317 e. The van der Waals surface area contributed by atoms with Gasteiger partial charge in [-0.25, -0.2) is 4.79 Å². The zero-order valence-corrected chi connectivity index (χ0v) is 15.8. The van der Waals surface area contributed by atoms with Gasteiger partial charge in [-0.15, -0.1) is 0 Å². The van der Waals surface area contributed by atoms with E-state index in [0.29, 0.717) is 13.0 Å². The van der Waals surface area contributed by atoms with Crippen molar-refractivity contribution in [3.8, 4) is 0 Å². The van der Waals surface area contributed by atoms with E-state index < -0.39 is 28.3 Å². The third-order valence-electron chi connectivity index (χ3n) is 4.71. The molecule has 0 saturated carbocycles. The molecule has 150 valence electrons. The Morgan fingerprint density at radius 2 is 1.85 bits per heavy atom. The summed E-state index contributed by atoms with van der Waals surface area (Å²) in [5.41, 5.74) is 0.194. The van der Waals surface area contributed by atoms with Gasteiger partial charge in [-0.3, -0.25) is 14.9 Å². The van der Waals surface area contributed by atoms with Gasteiger partial charge >= 0.3 is 12.0 Å². The molecule has 1 rings (SSSR count). The molecular formula is C18H27N3O6. The predicted molar refractivity (Wildman–Crippen MR) is 99.4 cm³/mol. The smallest absolute Gasteiger partial charge is 0.317 e. The van der Waals surface area contributed by atoms with E-state index in [9.17, 15) is 24.8 Å². The van der Waals surface area contributed by atoms with Crippen molar-refractivity contribution < 1.29 is 24.7 Å². The highest BCUT2D eigenvalue weighted by Gasteiger charge is 2.32. The number of carboxylic acid groups (broad SMARTS) is 1. The summed E-state index contributed by atoms with van der Waals surface area (Å²) in [4.78, 5) is 35.2. The Hall–Kier alpha value is -2.68. The predicted octanol–water partition coefficient (Wildman–Crippen LogP) is 1.89. The lowest BCUT2D eigenvalue weighted by Gasteiger charge is -2.31. The Morgan fingerprint density at radius 3 is 2.33 bits per heavy atom. The van der Waals surface area contributed by atoms with E-state index in [0.717, 1.165) is 5.56 Å². The normalized spacial score (nSPS) is 12.3. The number of amides is 2. The molecule has 0 unspecified atom stereocenters.